The van der Waals surface area contributed by atoms with Crippen LogP contribution in [-0.2, 0) is 4.79 Å². The van der Waals surface area contributed by atoms with E-state index < -0.39 is 5.91 Å². The maximum atomic E-state index is 12.4. The van der Waals surface area contributed by atoms with Crippen LogP contribution in [0.15, 0.2) is 87.7 Å². The van der Waals surface area contributed by atoms with Crippen LogP contribution in [-0.4, -0.2) is 16.0 Å². The van der Waals surface area contributed by atoms with Crippen molar-refractivity contribution in [3.8, 4) is 11.3 Å². The number of nitrogens with one attached hydrogen (secondary N) is 1. The molecule has 2 aromatic carbocycles. The molecule has 1 heterocycles. The third-order valence-electron chi connectivity index (χ3n) is 3.37. The summed E-state index contributed by atoms with van der Waals surface area (Å²) < 4.78 is 0. The van der Waals surface area contributed by atoms with E-state index in [-0.39, 0.29) is 11.5 Å². The summed E-state index contributed by atoms with van der Waals surface area (Å²) in [5.41, 5.74) is 2.15. The summed E-state index contributed by atoms with van der Waals surface area (Å²) in [7, 11) is 0. The van der Waals surface area contributed by atoms with E-state index in [1.54, 1.807) is 12.1 Å². The van der Waals surface area contributed by atoms with E-state index in [9.17, 15) is 9.90 Å². The van der Waals surface area contributed by atoms with Crippen LogP contribution >= 0.6 is 11.3 Å². The minimum atomic E-state index is -0.571. The van der Waals surface area contributed by atoms with Gasteiger partial charge in [0.1, 0.15) is 5.76 Å². The Morgan fingerprint density at radius 1 is 1.08 bits per heavy atom. The van der Waals surface area contributed by atoms with E-state index in [4.69, 9.17) is 0 Å². The van der Waals surface area contributed by atoms with Crippen molar-refractivity contribution in [2.75, 3.05) is 5.32 Å². The van der Waals surface area contributed by atoms with Gasteiger partial charge in [0.2, 0.25) is 0 Å². The first-order valence-corrected chi connectivity index (χ1v) is 8.70. The summed E-state index contributed by atoms with van der Waals surface area (Å²) in [6.45, 7) is 1.39. The molecular formula is C19H16N4O2S. The van der Waals surface area contributed by atoms with Crippen LogP contribution in [0.5, 0.6) is 0 Å². The van der Waals surface area contributed by atoms with Gasteiger partial charge in [-0.2, -0.15) is 5.11 Å². The van der Waals surface area contributed by atoms with Gasteiger partial charge in [-0.25, -0.2) is 4.98 Å². The Balaban J connectivity index is 1.74. The molecule has 2 N–H and O–H groups in total. The molecular weight excluding hydrogens is 348 g/mol. The van der Waals surface area contributed by atoms with Gasteiger partial charge < -0.3 is 5.11 Å². The summed E-state index contributed by atoms with van der Waals surface area (Å²) in [4.78, 5) is 16.8. The van der Waals surface area contributed by atoms with Gasteiger partial charge in [-0.1, -0.05) is 48.5 Å². The Morgan fingerprint density at radius 2 is 1.73 bits per heavy atom. The molecule has 0 saturated carbocycles. The molecule has 0 aliphatic carbocycles. The molecule has 0 aliphatic rings. The predicted octanol–water partition coefficient (Wildman–Crippen LogP) is 5.32. The Labute approximate surface area is 154 Å². The van der Waals surface area contributed by atoms with Gasteiger partial charge in [0.25, 0.3) is 5.91 Å². The zero-order valence-electron chi connectivity index (χ0n) is 14.0. The lowest BCUT2D eigenvalue weighted by Crippen LogP contribution is -2.14. The molecule has 0 fully saturated rings. The Morgan fingerprint density at radius 3 is 2.38 bits per heavy atom. The lowest BCUT2D eigenvalue weighted by molar-refractivity contribution is -0.113. The number of carbonyl (C=O) groups is 1. The monoisotopic (exact) mass is 364 g/mol. The number of hydrogen-bond donors (Lipinski definition) is 2. The van der Waals surface area contributed by atoms with Crippen LogP contribution in [0.1, 0.15) is 6.92 Å². The van der Waals surface area contributed by atoms with Gasteiger partial charge in [-0.3, -0.25) is 10.1 Å². The number of nitrogens with zero attached hydrogens (tertiary/aromatic N) is 3. The van der Waals surface area contributed by atoms with Crippen LogP contribution in [0.4, 0.5) is 10.8 Å². The third kappa shape index (κ3) is 4.40. The molecule has 6 nitrogen and oxygen atoms in total. The first kappa shape index (κ1) is 17.5. The highest BCUT2D eigenvalue weighted by atomic mass is 32.1. The van der Waals surface area contributed by atoms with Crippen LogP contribution in [0.2, 0.25) is 0 Å². The van der Waals surface area contributed by atoms with Gasteiger partial charge in [0.15, 0.2) is 10.8 Å². The highest BCUT2D eigenvalue weighted by molar-refractivity contribution is 7.14. The maximum Gasteiger partial charge on any atom is 0.281 e. The molecule has 130 valence electrons. The normalized spacial score (nSPS) is 12.0. The summed E-state index contributed by atoms with van der Waals surface area (Å²) >= 11 is 1.30. The molecule has 3 rings (SSSR count). The molecule has 7 heteroatoms. The number of aliphatic hydroxyl groups excluding tert-OH is 1. The molecule has 1 aromatic heterocycles. The molecule has 0 unspecified atom stereocenters. The number of thiazole rings is 1. The second-order valence-corrected chi connectivity index (χ2v) is 6.19. The van der Waals surface area contributed by atoms with Crippen LogP contribution in [0.3, 0.4) is 0 Å². The van der Waals surface area contributed by atoms with Crippen molar-refractivity contribution in [1.82, 2.24) is 4.98 Å². The van der Waals surface area contributed by atoms with Crippen molar-refractivity contribution >= 4 is 28.1 Å². The van der Waals surface area contributed by atoms with Crippen molar-refractivity contribution in [2.45, 2.75) is 6.92 Å². The fraction of sp³-hybridized carbons (Fsp3) is 0.0526. The number of aromatic nitrogens is 1. The fourth-order valence-corrected chi connectivity index (χ4v) is 2.83. The molecule has 0 aliphatic heterocycles. The second kappa shape index (κ2) is 8.17. The standard InChI is InChI=1S/C19H16N4O2S/c1-13(24)17(23-22-15-10-6-3-7-11-15)18(25)21-19-20-16(12-26-19)14-8-4-2-5-9-14/h2-12,24H,1H3,(H,20,21,25)/b17-13+,23-22?. The molecule has 26 heavy (non-hydrogen) atoms. The fourth-order valence-electron chi connectivity index (χ4n) is 2.11. The Hall–Kier alpha value is -3.32. The number of aliphatic hydroxyl groups is 1. The number of rotatable bonds is 5. The average molecular weight is 364 g/mol. The molecule has 0 atom stereocenters. The molecule has 0 spiro atoms. The van der Waals surface area contributed by atoms with Gasteiger partial charge in [-0.05, 0) is 19.1 Å². The van der Waals surface area contributed by atoms with Crippen molar-refractivity contribution in [1.29, 1.82) is 0 Å². The molecule has 0 bridgehead atoms. The summed E-state index contributed by atoms with van der Waals surface area (Å²) in [6, 6.07) is 18.6. The highest BCUT2D eigenvalue weighted by Gasteiger charge is 2.15. The van der Waals surface area contributed by atoms with Gasteiger partial charge in [0.05, 0.1) is 11.4 Å². The Kier molecular flexibility index (Phi) is 5.50. The first-order valence-electron chi connectivity index (χ1n) is 7.82. The number of carbonyl (C=O) groups excluding carboxylic acids is 1. The highest BCUT2D eigenvalue weighted by Crippen LogP contribution is 2.25. The van der Waals surface area contributed by atoms with E-state index in [2.05, 4.69) is 20.5 Å². The van der Waals surface area contributed by atoms with E-state index in [1.165, 1.54) is 18.3 Å². The number of anilines is 1. The first-order chi connectivity index (χ1) is 12.6. The molecule has 0 saturated heterocycles. The Bertz CT molecular complexity index is 946. The van der Waals surface area contributed by atoms with Gasteiger partial charge >= 0.3 is 0 Å². The number of amides is 1. The summed E-state index contributed by atoms with van der Waals surface area (Å²) in [6.07, 6.45) is 0. The maximum absolute atomic E-state index is 12.4. The summed E-state index contributed by atoms with van der Waals surface area (Å²) in [5, 5.41) is 22.5. The van der Waals surface area contributed by atoms with Crippen molar-refractivity contribution < 1.29 is 9.90 Å². The van der Waals surface area contributed by atoms with E-state index in [1.807, 2.05) is 53.9 Å². The van der Waals surface area contributed by atoms with E-state index >= 15 is 0 Å². The van der Waals surface area contributed by atoms with E-state index in [0.717, 1.165) is 11.3 Å². The second-order valence-electron chi connectivity index (χ2n) is 5.33. The smallest absolute Gasteiger partial charge is 0.281 e. The lowest BCUT2D eigenvalue weighted by atomic mass is 10.2. The van der Waals surface area contributed by atoms with E-state index in [0.29, 0.717) is 10.8 Å². The third-order valence-corrected chi connectivity index (χ3v) is 4.13. The minimum absolute atomic E-state index is 0.162. The number of allylic oxidation sites excluding steroid dienone is 1. The molecule has 0 radical (unpaired) electrons. The predicted molar refractivity (Wildman–Crippen MR) is 102 cm³/mol. The number of azo groups is 1. The zero-order valence-corrected chi connectivity index (χ0v) is 14.8. The quantitative estimate of drug-likeness (QED) is 0.365. The van der Waals surface area contributed by atoms with Gasteiger partial charge in [-0.15, -0.1) is 16.5 Å². The minimum Gasteiger partial charge on any atom is -0.510 e. The van der Waals surface area contributed by atoms with Crippen molar-refractivity contribution in [3.05, 3.63) is 77.5 Å². The largest absolute Gasteiger partial charge is 0.510 e. The van der Waals surface area contributed by atoms with Crippen molar-refractivity contribution in [2.24, 2.45) is 10.2 Å². The van der Waals surface area contributed by atoms with Crippen LogP contribution in [0.25, 0.3) is 11.3 Å². The number of hydrogen-bond acceptors (Lipinski definition) is 6. The molecule has 3 aromatic rings. The number of benzene rings is 2. The summed E-state index contributed by atoms with van der Waals surface area (Å²) in [5.74, 6) is -0.791. The van der Waals surface area contributed by atoms with Crippen molar-refractivity contribution in [3.63, 3.8) is 0 Å². The SMILES string of the molecule is C/C(O)=C(\N=Nc1ccccc1)C(=O)Nc1nc(-c2ccccc2)cs1. The van der Waals surface area contributed by atoms with Gasteiger partial charge in [0, 0.05) is 10.9 Å². The lowest BCUT2D eigenvalue weighted by Gasteiger charge is -2.02. The topological polar surface area (TPSA) is 86.9 Å². The van der Waals surface area contributed by atoms with Crippen LogP contribution < -0.4 is 5.32 Å². The average Bonchev–Trinajstić information content (AvgIpc) is 3.11. The van der Waals surface area contributed by atoms with Crippen LogP contribution in [0, 0.1) is 0 Å². The molecule has 1 amide bonds. The zero-order chi connectivity index (χ0) is 18.4.